The zero-order valence-corrected chi connectivity index (χ0v) is 11.9. The van der Waals surface area contributed by atoms with Gasteiger partial charge in [-0.2, -0.15) is 5.10 Å². The number of rotatable bonds is 6. The van der Waals surface area contributed by atoms with Crippen molar-refractivity contribution in [1.29, 1.82) is 0 Å². The first-order chi connectivity index (χ1) is 10.3. The number of benzene rings is 1. The van der Waals surface area contributed by atoms with Crippen LogP contribution in [0, 0.1) is 0 Å². The standard InChI is InChI=1S/C15H18N4O2/c1-21-12-4-2-3-11(9-12)15(20)16-8-7-13-17-14(19-18-13)10-5-6-10/h2-4,9-10H,5-8H2,1H3,(H,16,20)(H,17,18,19). The fourth-order valence-corrected chi connectivity index (χ4v) is 2.11. The highest BCUT2D eigenvalue weighted by Gasteiger charge is 2.27. The van der Waals surface area contributed by atoms with E-state index in [1.54, 1.807) is 25.3 Å². The molecule has 2 N–H and O–H groups in total. The summed E-state index contributed by atoms with van der Waals surface area (Å²) in [5, 5.41) is 9.99. The lowest BCUT2D eigenvalue weighted by atomic mass is 10.2. The zero-order valence-electron chi connectivity index (χ0n) is 11.9. The van der Waals surface area contributed by atoms with Crippen LogP contribution in [-0.4, -0.2) is 34.7 Å². The molecule has 110 valence electrons. The number of H-pyrrole nitrogens is 1. The quantitative estimate of drug-likeness (QED) is 0.846. The van der Waals surface area contributed by atoms with Crippen molar-refractivity contribution < 1.29 is 9.53 Å². The number of methoxy groups -OCH3 is 1. The van der Waals surface area contributed by atoms with Crippen molar-refractivity contribution in [2.24, 2.45) is 0 Å². The van der Waals surface area contributed by atoms with Gasteiger partial charge >= 0.3 is 0 Å². The average molecular weight is 286 g/mol. The van der Waals surface area contributed by atoms with Crippen molar-refractivity contribution in [2.75, 3.05) is 13.7 Å². The highest BCUT2D eigenvalue weighted by Crippen LogP contribution is 2.37. The minimum Gasteiger partial charge on any atom is -0.497 e. The molecular formula is C15H18N4O2. The number of nitrogens with one attached hydrogen (secondary N) is 2. The number of amides is 1. The summed E-state index contributed by atoms with van der Waals surface area (Å²) in [6.45, 7) is 0.523. The highest BCUT2D eigenvalue weighted by molar-refractivity contribution is 5.94. The molecule has 3 rings (SSSR count). The molecule has 0 atom stereocenters. The molecule has 1 aromatic heterocycles. The normalized spacial score (nSPS) is 14.0. The van der Waals surface area contributed by atoms with E-state index in [-0.39, 0.29) is 5.91 Å². The number of carbonyl (C=O) groups is 1. The van der Waals surface area contributed by atoms with Crippen molar-refractivity contribution in [1.82, 2.24) is 20.5 Å². The molecule has 1 aliphatic carbocycles. The summed E-state index contributed by atoms with van der Waals surface area (Å²) in [6, 6.07) is 7.09. The molecule has 1 aliphatic rings. The van der Waals surface area contributed by atoms with Crippen LogP contribution in [0.15, 0.2) is 24.3 Å². The van der Waals surface area contributed by atoms with E-state index in [1.165, 1.54) is 12.8 Å². The van der Waals surface area contributed by atoms with Gasteiger partial charge in [0, 0.05) is 24.4 Å². The molecule has 0 aliphatic heterocycles. The van der Waals surface area contributed by atoms with Crippen LogP contribution < -0.4 is 10.1 Å². The first-order valence-corrected chi connectivity index (χ1v) is 7.09. The first kappa shape index (κ1) is 13.6. The molecule has 0 spiro atoms. The zero-order chi connectivity index (χ0) is 14.7. The van der Waals surface area contributed by atoms with Gasteiger partial charge in [-0.05, 0) is 31.0 Å². The van der Waals surface area contributed by atoms with Crippen molar-refractivity contribution in [2.45, 2.75) is 25.2 Å². The predicted octanol–water partition coefficient (Wildman–Crippen LogP) is 1.66. The van der Waals surface area contributed by atoms with Gasteiger partial charge in [-0.1, -0.05) is 6.07 Å². The second-order valence-corrected chi connectivity index (χ2v) is 5.15. The highest BCUT2D eigenvalue weighted by atomic mass is 16.5. The number of ether oxygens (including phenoxy) is 1. The van der Waals surface area contributed by atoms with Crippen LogP contribution in [0.5, 0.6) is 5.75 Å². The Balaban J connectivity index is 1.50. The third-order valence-electron chi connectivity index (χ3n) is 3.47. The number of aromatic nitrogens is 3. The van der Waals surface area contributed by atoms with Gasteiger partial charge in [-0.25, -0.2) is 4.98 Å². The molecule has 2 aromatic rings. The summed E-state index contributed by atoms with van der Waals surface area (Å²) < 4.78 is 5.11. The lowest BCUT2D eigenvalue weighted by Crippen LogP contribution is -2.25. The molecule has 6 heteroatoms. The van der Waals surface area contributed by atoms with Gasteiger partial charge in [-0.3, -0.25) is 9.89 Å². The Morgan fingerprint density at radius 3 is 3.10 bits per heavy atom. The van der Waals surface area contributed by atoms with Crippen LogP contribution in [0.2, 0.25) is 0 Å². The Morgan fingerprint density at radius 1 is 1.48 bits per heavy atom. The SMILES string of the molecule is COc1cccc(C(=O)NCCc2nc(C3CC3)n[nH]2)c1. The Bertz CT molecular complexity index is 634. The largest absolute Gasteiger partial charge is 0.497 e. The lowest BCUT2D eigenvalue weighted by Gasteiger charge is -2.05. The van der Waals surface area contributed by atoms with E-state index in [2.05, 4.69) is 20.5 Å². The monoisotopic (exact) mass is 286 g/mol. The van der Waals surface area contributed by atoms with Crippen LogP contribution >= 0.6 is 0 Å². The number of nitrogens with zero attached hydrogens (tertiary/aromatic N) is 2. The number of aromatic amines is 1. The van der Waals surface area contributed by atoms with Crippen LogP contribution in [-0.2, 0) is 6.42 Å². The van der Waals surface area contributed by atoms with Crippen LogP contribution in [0.3, 0.4) is 0 Å². The van der Waals surface area contributed by atoms with Gasteiger partial charge in [0.15, 0.2) is 5.82 Å². The number of hydrogen-bond acceptors (Lipinski definition) is 4. The molecule has 0 saturated heterocycles. The second-order valence-electron chi connectivity index (χ2n) is 5.15. The molecule has 0 unspecified atom stereocenters. The maximum Gasteiger partial charge on any atom is 0.251 e. The van der Waals surface area contributed by atoms with E-state index in [1.807, 2.05) is 6.07 Å². The minimum atomic E-state index is -0.115. The average Bonchev–Trinajstić information content (AvgIpc) is 3.27. The molecule has 1 aromatic carbocycles. The van der Waals surface area contributed by atoms with Gasteiger partial charge in [0.1, 0.15) is 11.6 Å². The molecular weight excluding hydrogens is 268 g/mol. The van der Waals surface area contributed by atoms with E-state index < -0.39 is 0 Å². The molecule has 0 radical (unpaired) electrons. The fraction of sp³-hybridized carbons (Fsp3) is 0.400. The number of carbonyl (C=O) groups excluding carboxylic acids is 1. The molecule has 1 saturated carbocycles. The molecule has 1 amide bonds. The van der Waals surface area contributed by atoms with Crippen LogP contribution in [0.25, 0.3) is 0 Å². The van der Waals surface area contributed by atoms with Gasteiger partial charge < -0.3 is 10.1 Å². The summed E-state index contributed by atoms with van der Waals surface area (Å²) in [5.74, 6) is 2.83. The maximum absolute atomic E-state index is 12.0. The Hall–Kier alpha value is -2.37. The summed E-state index contributed by atoms with van der Waals surface area (Å²) in [7, 11) is 1.58. The van der Waals surface area contributed by atoms with E-state index in [9.17, 15) is 4.79 Å². The fourth-order valence-electron chi connectivity index (χ4n) is 2.11. The van der Waals surface area contributed by atoms with Crippen molar-refractivity contribution in [3.63, 3.8) is 0 Å². The van der Waals surface area contributed by atoms with Crippen molar-refractivity contribution >= 4 is 5.91 Å². The smallest absolute Gasteiger partial charge is 0.251 e. The molecule has 21 heavy (non-hydrogen) atoms. The Labute approximate surface area is 122 Å². The molecule has 6 nitrogen and oxygen atoms in total. The molecule has 1 heterocycles. The van der Waals surface area contributed by atoms with E-state index >= 15 is 0 Å². The lowest BCUT2D eigenvalue weighted by molar-refractivity contribution is 0.0953. The summed E-state index contributed by atoms with van der Waals surface area (Å²) in [4.78, 5) is 16.4. The molecule has 1 fully saturated rings. The van der Waals surface area contributed by atoms with E-state index in [0.29, 0.717) is 30.2 Å². The third-order valence-corrected chi connectivity index (χ3v) is 3.47. The first-order valence-electron chi connectivity index (χ1n) is 7.09. The van der Waals surface area contributed by atoms with E-state index in [0.717, 1.165) is 11.6 Å². The second kappa shape index (κ2) is 5.95. The Morgan fingerprint density at radius 2 is 2.33 bits per heavy atom. The van der Waals surface area contributed by atoms with Crippen LogP contribution in [0.1, 0.15) is 40.8 Å². The predicted molar refractivity (Wildman–Crippen MR) is 77.4 cm³/mol. The van der Waals surface area contributed by atoms with E-state index in [4.69, 9.17) is 4.74 Å². The van der Waals surface area contributed by atoms with Gasteiger partial charge in [0.25, 0.3) is 5.91 Å². The minimum absolute atomic E-state index is 0.115. The summed E-state index contributed by atoms with van der Waals surface area (Å²) in [6.07, 6.45) is 3.02. The summed E-state index contributed by atoms with van der Waals surface area (Å²) >= 11 is 0. The van der Waals surface area contributed by atoms with Crippen molar-refractivity contribution in [3.05, 3.63) is 41.5 Å². The number of hydrogen-bond donors (Lipinski definition) is 2. The maximum atomic E-state index is 12.0. The Kier molecular flexibility index (Phi) is 3.85. The van der Waals surface area contributed by atoms with Gasteiger partial charge in [-0.15, -0.1) is 0 Å². The van der Waals surface area contributed by atoms with Crippen molar-refractivity contribution in [3.8, 4) is 5.75 Å². The van der Waals surface area contributed by atoms with Crippen LogP contribution in [0.4, 0.5) is 0 Å². The topological polar surface area (TPSA) is 79.9 Å². The third kappa shape index (κ3) is 3.39. The van der Waals surface area contributed by atoms with Gasteiger partial charge in [0.2, 0.25) is 0 Å². The van der Waals surface area contributed by atoms with Gasteiger partial charge in [0.05, 0.1) is 7.11 Å². The molecule has 0 bridgehead atoms. The summed E-state index contributed by atoms with van der Waals surface area (Å²) in [5.41, 5.74) is 0.589.